The average Bonchev–Trinajstić information content (AvgIpc) is 2.83. The Morgan fingerprint density at radius 1 is 1.38 bits per heavy atom. The minimum Gasteiger partial charge on any atom is -0.482 e. The molecule has 5 nitrogen and oxygen atoms in total. The van der Waals surface area contributed by atoms with Crippen molar-refractivity contribution in [2.45, 2.75) is 33.9 Å². The monoisotopic (exact) mass is 353 g/mol. The van der Waals surface area contributed by atoms with Gasteiger partial charge in [0.2, 0.25) is 0 Å². The normalized spacial score (nSPS) is 11.1. The zero-order valence-corrected chi connectivity index (χ0v) is 14.1. The van der Waals surface area contributed by atoms with Crippen molar-refractivity contribution < 1.29 is 9.26 Å². The molecule has 114 valence electrons. The van der Waals surface area contributed by atoms with Gasteiger partial charge in [0, 0.05) is 12.1 Å². The van der Waals surface area contributed by atoms with Gasteiger partial charge in [-0.1, -0.05) is 31.1 Å². The van der Waals surface area contributed by atoms with Gasteiger partial charge in [-0.3, -0.25) is 0 Å². The van der Waals surface area contributed by atoms with Gasteiger partial charge in [0.1, 0.15) is 5.75 Å². The van der Waals surface area contributed by atoms with E-state index in [1.165, 1.54) is 0 Å². The third-order valence-electron chi connectivity index (χ3n) is 2.83. The van der Waals surface area contributed by atoms with Crippen molar-refractivity contribution in [2.24, 2.45) is 5.92 Å². The molecule has 0 atom stereocenters. The number of halogens is 1. The largest absolute Gasteiger partial charge is 0.482 e. The van der Waals surface area contributed by atoms with Crippen molar-refractivity contribution in [1.82, 2.24) is 15.5 Å². The van der Waals surface area contributed by atoms with E-state index in [-0.39, 0.29) is 6.61 Å². The Morgan fingerprint density at radius 3 is 2.86 bits per heavy atom. The summed E-state index contributed by atoms with van der Waals surface area (Å²) in [4.78, 5) is 4.14. The predicted molar refractivity (Wildman–Crippen MR) is 84.1 cm³/mol. The molecule has 1 heterocycles. The minimum atomic E-state index is 0.265. The number of hydrogen-bond donors (Lipinski definition) is 1. The van der Waals surface area contributed by atoms with Gasteiger partial charge in [0.05, 0.1) is 4.47 Å². The summed E-state index contributed by atoms with van der Waals surface area (Å²) in [5, 5.41) is 7.17. The number of aryl methyl sites for hydroxylation is 1. The lowest BCUT2D eigenvalue weighted by Crippen LogP contribution is -2.19. The number of aromatic nitrogens is 2. The molecule has 0 radical (unpaired) electrons. The highest BCUT2D eigenvalue weighted by Crippen LogP contribution is 2.29. The zero-order chi connectivity index (χ0) is 15.2. The van der Waals surface area contributed by atoms with Crippen LogP contribution in [-0.4, -0.2) is 16.7 Å². The van der Waals surface area contributed by atoms with Crippen LogP contribution in [0.15, 0.2) is 27.2 Å². The van der Waals surface area contributed by atoms with Gasteiger partial charge in [-0.25, -0.2) is 0 Å². The molecule has 21 heavy (non-hydrogen) atoms. The second kappa shape index (κ2) is 7.56. The number of para-hydroxylation sites is 1. The molecule has 2 aromatic rings. The second-order valence-electron chi connectivity index (χ2n) is 5.28. The predicted octanol–water partition coefficient (Wildman–Crippen LogP) is 3.47. The van der Waals surface area contributed by atoms with Crippen molar-refractivity contribution in [3.05, 3.63) is 40.0 Å². The SMILES string of the molecule is Cc1noc(COc2c(Br)cccc2CNCC(C)C)n1. The van der Waals surface area contributed by atoms with Crippen molar-refractivity contribution in [2.75, 3.05) is 6.54 Å². The first-order valence-corrected chi connectivity index (χ1v) is 7.75. The van der Waals surface area contributed by atoms with Crippen LogP contribution in [0.5, 0.6) is 5.75 Å². The molecule has 0 bridgehead atoms. The van der Waals surface area contributed by atoms with Crippen molar-refractivity contribution in [3.63, 3.8) is 0 Å². The molecule has 0 saturated heterocycles. The molecule has 0 unspecified atom stereocenters. The van der Waals surface area contributed by atoms with E-state index < -0.39 is 0 Å². The Balaban J connectivity index is 2.02. The van der Waals surface area contributed by atoms with E-state index >= 15 is 0 Å². The molecule has 1 N–H and O–H groups in total. The highest BCUT2D eigenvalue weighted by atomic mass is 79.9. The molecule has 0 aliphatic carbocycles. The molecule has 2 rings (SSSR count). The third kappa shape index (κ3) is 4.82. The number of nitrogens with one attached hydrogen (secondary N) is 1. The van der Waals surface area contributed by atoms with Crippen molar-refractivity contribution in [1.29, 1.82) is 0 Å². The summed E-state index contributed by atoms with van der Waals surface area (Å²) >= 11 is 3.53. The van der Waals surface area contributed by atoms with Gasteiger partial charge in [-0.05, 0) is 41.4 Å². The van der Waals surface area contributed by atoms with Gasteiger partial charge in [-0.2, -0.15) is 4.98 Å². The molecule has 0 spiro atoms. The van der Waals surface area contributed by atoms with E-state index in [2.05, 4.69) is 45.2 Å². The maximum atomic E-state index is 5.84. The first kappa shape index (κ1) is 16.0. The Labute approximate surface area is 133 Å². The summed E-state index contributed by atoms with van der Waals surface area (Å²) in [6.45, 7) is 8.14. The highest BCUT2D eigenvalue weighted by Gasteiger charge is 2.11. The molecule has 0 saturated carbocycles. The number of benzene rings is 1. The molecular weight excluding hydrogens is 334 g/mol. The highest BCUT2D eigenvalue weighted by molar-refractivity contribution is 9.10. The smallest absolute Gasteiger partial charge is 0.264 e. The van der Waals surface area contributed by atoms with E-state index in [1.807, 2.05) is 18.2 Å². The summed E-state index contributed by atoms with van der Waals surface area (Å²) < 4.78 is 11.8. The average molecular weight is 354 g/mol. The standard InChI is InChI=1S/C15H20BrN3O2/c1-10(2)7-17-8-12-5-4-6-13(16)15(12)20-9-14-18-11(3)19-21-14/h4-6,10,17H,7-9H2,1-3H3. The first-order chi connectivity index (χ1) is 10.1. The fourth-order valence-corrected chi connectivity index (χ4v) is 2.40. The molecule has 0 amide bonds. The fraction of sp³-hybridized carbons (Fsp3) is 0.467. The summed E-state index contributed by atoms with van der Waals surface area (Å²) in [6.07, 6.45) is 0. The Hall–Kier alpha value is -1.40. The molecule has 0 aliphatic heterocycles. The maximum absolute atomic E-state index is 5.84. The van der Waals surface area contributed by atoms with E-state index in [0.29, 0.717) is 17.6 Å². The number of nitrogens with zero attached hydrogens (tertiary/aromatic N) is 2. The first-order valence-electron chi connectivity index (χ1n) is 6.96. The van der Waals surface area contributed by atoms with E-state index in [4.69, 9.17) is 9.26 Å². The number of rotatable bonds is 7. The van der Waals surface area contributed by atoms with E-state index in [0.717, 1.165) is 28.9 Å². The van der Waals surface area contributed by atoms with Crippen LogP contribution < -0.4 is 10.1 Å². The topological polar surface area (TPSA) is 60.2 Å². The Morgan fingerprint density at radius 2 is 2.19 bits per heavy atom. The van der Waals surface area contributed by atoms with Gasteiger partial charge < -0.3 is 14.6 Å². The van der Waals surface area contributed by atoms with Gasteiger partial charge in [0.15, 0.2) is 12.4 Å². The fourth-order valence-electron chi connectivity index (χ4n) is 1.88. The molecule has 0 fully saturated rings. The van der Waals surface area contributed by atoms with Crippen LogP contribution in [0.25, 0.3) is 0 Å². The number of hydrogen-bond acceptors (Lipinski definition) is 5. The zero-order valence-electron chi connectivity index (χ0n) is 12.5. The summed E-state index contributed by atoms with van der Waals surface area (Å²) in [6, 6.07) is 6.01. The summed E-state index contributed by atoms with van der Waals surface area (Å²) in [7, 11) is 0. The lowest BCUT2D eigenvalue weighted by atomic mass is 10.2. The van der Waals surface area contributed by atoms with Crippen LogP contribution >= 0.6 is 15.9 Å². The van der Waals surface area contributed by atoms with Crippen molar-refractivity contribution >= 4 is 15.9 Å². The van der Waals surface area contributed by atoms with E-state index in [9.17, 15) is 0 Å². The van der Waals surface area contributed by atoms with E-state index in [1.54, 1.807) is 6.92 Å². The lowest BCUT2D eigenvalue weighted by Gasteiger charge is -2.13. The van der Waals surface area contributed by atoms with Crippen LogP contribution in [0.4, 0.5) is 0 Å². The molecule has 6 heteroatoms. The van der Waals surface area contributed by atoms with Gasteiger partial charge in [0.25, 0.3) is 5.89 Å². The van der Waals surface area contributed by atoms with Gasteiger partial charge >= 0.3 is 0 Å². The second-order valence-corrected chi connectivity index (χ2v) is 6.13. The van der Waals surface area contributed by atoms with Crippen LogP contribution in [-0.2, 0) is 13.2 Å². The maximum Gasteiger partial charge on any atom is 0.264 e. The molecule has 0 aliphatic rings. The van der Waals surface area contributed by atoms with Crippen LogP contribution in [0, 0.1) is 12.8 Å². The van der Waals surface area contributed by atoms with Gasteiger partial charge in [-0.15, -0.1) is 0 Å². The summed E-state index contributed by atoms with van der Waals surface area (Å²) in [5.41, 5.74) is 1.10. The quantitative estimate of drug-likeness (QED) is 0.825. The van der Waals surface area contributed by atoms with Crippen LogP contribution in [0.2, 0.25) is 0 Å². The minimum absolute atomic E-state index is 0.265. The molecular formula is C15H20BrN3O2. The van der Waals surface area contributed by atoms with Crippen LogP contribution in [0.3, 0.4) is 0 Å². The number of ether oxygens (including phenoxy) is 1. The Bertz CT molecular complexity index is 584. The lowest BCUT2D eigenvalue weighted by molar-refractivity contribution is 0.239. The third-order valence-corrected chi connectivity index (χ3v) is 3.45. The molecule has 1 aromatic carbocycles. The Kier molecular flexibility index (Phi) is 5.76. The van der Waals surface area contributed by atoms with Crippen molar-refractivity contribution in [3.8, 4) is 5.75 Å². The molecule has 1 aromatic heterocycles. The summed E-state index contributed by atoms with van der Waals surface area (Å²) in [5.74, 6) is 2.51. The van der Waals surface area contributed by atoms with Crippen LogP contribution in [0.1, 0.15) is 31.1 Å².